The SMILES string of the molecule is Cn1c(C(F)(F)F)cc(=O)n(-c2c[c]c(Cl)cc2F)c1=O. The van der Waals surface area contributed by atoms with Gasteiger partial charge in [-0.2, -0.15) is 13.2 Å². The average molecular weight is 322 g/mol. The molecular weight excluding hydrogens is 316 g/mol. The largest absolute Gasteiger partial charge is 0.431 e. The molecule has 0 aliphatic rings. The first-order chi connectivity index (χ1) is 9.62. The van der Waals surface area contributed by atoms with E-state index in [1.54, 1.807) is 0 Å². The third-order valence-corrected chi connectivity index (χ3v) is 2.91. The van der Waals surface area contributed by atoms with Crippen molar-refractivity contribution in [2.24, 2.45) is 7.05 Å². The zero-order valence-electron chi connectivity index (χ0n) is 10.3. The standard InChI is InChI=1S/C12H6ClF4N2O2/c1-18-9(12(15,16)17)5-10(20)19(11(18)21)8-3-2-6(13)4-7(8)14/h3-5H,1H3. The van der Waals surface area contributed by atoms with E-state index in [9.17, 15) is 27.2 Å². The number of hydrogen-bond acceptors (Lipinski definition) is 2. The minimum atomic E-state index is -4.88. The Balaban J connectivity index is 2.82. The zero-order valence-corrected chi connectivity index (χ0v) is 11.1. The van der Waals surface area contributed by atoms with Crippen molar-refractivity contribution < 1.29 is 17.6 Å². The van der Waals surface area contributed by atoms with Gasteiger partial charge in [0.1, 0.15) is 11.5 Å². The van der Waals surface area contributed by atoms with Crippen LogP contribution in [0.1, 0.15) is 5.69 Å². The number of rotatable bonds is 1. The van der Waals surface area contributed by atoms with Gasteiger partial charge in [-0.15, -0.1) is 0 Å². The first-order valence-electron chi connectivity index (χ1n) is 5.40. The molecule has 0 aliphatic carbocycles. The van der Waals surface area contributed by atoms with E-state index in [0.29, 0.717) is 0 Å². The Kier molecular flexibility index (Phi) is 3.66. The van der Waals surface area contributed by atoms with Gasteiger partial charge in [0, 0.05) is 19.2 Å². The molecule has 2 aromatic rings. The van der Waals surface area contributed by atoms with E-state index in [-0.39, 0.29) is 20.2 Å². The Labute approximate surface area is 119 Å². The molecule has 0 N–H and O–H groups in total. The third-order valence-electron chi connectivity index (χ3n) is 2.70. The van der Waals surface area contributed by atoms with Crippen LogP contribution in [0.15, 0.2) is 27.8 Å². The van der Waals surface area contributed by atoms with Crippen LogP contribution in [0.4, 0.5) is 17.6 Å². The second-order valence-corrected chi connectivity index (χ2v) is 4.46. The van der Waals surface area contributed by atoms with Gasteiger partial charge in [0.15, 0.2) is 0 Å². The Morgan fingerprint density at radius 1 is 1.24 bits per heavy atom. The second-order valence-electron chi connectivity index (χ2n) is 4.06. The highest BCUT2D eigenvalue weighted by Crippen LogP contribution is 2.27. The number of hydrogen-bond donors (Lipinski definition) is 0. The van der Waals surface area contributed by atoms with Gasteiger partial charge in [-0.3, -0.25) is 9.36 Å². The maximum Gasteiger partial charge on any atom is 0.431 e. The fourth-order valence-electron chi connectivity index (χ4n) is 1.72. The van der Waals surface area contributed by atoms with Crippen LogP contribution in [0, 0.1) is 11.9 Å². The van der Waals surface area contributed by atoms with Gasteiger partial charge in [0.25, 0.3) is 5.56 Å². The van der Waals surface area contributed by atoms with Crippen molar-refractivity contribution in [2.45, 2.75) is 6.18 Å². The van der Waals surface area contributed by atoms with Crippen molar-refractivity contribution in [3.63, 3.8) is 0 Å². The molecule has 0 amide bonds. The van der Waals surface area contributed by atoms with E-state index in [0.717, 1.165) is 19.2 Å². The lowest BCUT2D eigenvalue weighted by atomic mass is 10.3. The fraction of sp³-hybridized carbons (Fsp3) is 0.167. The third kappa shape index (κ3) is 2.71. The Bertz CT molecular complexity index is 823. The lowest BCUT2D eigenvalue weighted by molar-refractivity contribution is -0.144. The van der Waals surface area contributed by atoms with Crippen LogP contribution in [0.3, 0.4) is 0 Å². The molecule has 0 spiro atoms. The Morgan fingerprint density at radius 2 is 1.86 bits per heavy atom. The van der Waals surface area contributed by atoms with Crippen molar-refractivity contribution >= 4 is 11.6 Å². The minimum Gasteiger partial charge on any atom is -0.292 e. The summed E-state index contributed by atoms with van der Waals surface area (Å²) in [5.74, 6) is -1.03. The smallest absolute Gasteiger partial charge is 0.292 e. The summed E-state index contributed by atoms with van der Waals surface area (Å²) >= 11 is 5.49. The highest BCUT2D eigenvalue weighted by Gasteiger charge is 2.35. The van der Waals surface area contributed by atoms with E-state index < -0.39 is 34.6 Å². The summed E-state index contributed by atoms with van der Waals surface area (Å²) in [6.07, 6.45) is -4.88. The van der Waals surface area contributed by atoms with E-state index in [4.69, 9.17) is 11.6 Å². The van der Waals surface area contributed by atoms with Crippen LogP contribution in [0.2, 0.25) is 5.02 Å². The van der Waals surface area contributed by atoms with Crippen molar-refractivity contribution in [2.75, 3.05) is 0 Å². The molecule has 0 bridgehead atoms. The molecule has 1 heterocycles. The number of halogens is 5. The number of aromatic nitrogens is 2. The summed E-state index contributed by atoms with van der Waals surface area (Å²) in [6.45, 7) is 0. The molecular formula is C12H6ClF4N2O2. The lowest BCUT2D eigenvalue weighted by Crippen LogP contribution is -2.41. The molecule has 0 saturated heterocycles. The summed E-state index contributed by atoms with van der Waals surface area (Å²) < 4.78 is 52.2. The molecule has 4 nitrogen and oxygen atoms in total. The summed E-state index contributed by atoms with van der Waals surface area (Å²) in [5.41, 5.74) is -4.59. The summed E-state index contributed by atoms with van der Waals surface area (Å²) in [7, 11) is 0.832. The van der Waals surface area contributed by atoms with Gasteiger partial charge in [-0.25, -0.2) is 13.8 Å². The first-order valence-corrected chi connectivity index (χ1v) is 5.78. The quantitative estimate of drug-likeness (QED) is 0.755. The molecule has 9 heteroatoms. The maximum absolute atomic E-state index is 13.7. The molecule has 0 fully saturated rings. The summed E-state index contributed by atoms with van der Waals surface area (Å²) in [6, 6.07) is 4.27. The highest BCUT2D eigenvalue weighted by atomic mass is 35.5. The van der Waals surface area contributed by atoms with Crippen molar-refractivity contribution in [1.29, 1.82) is 0 Å². The topological polar surface area (TPSA) is 44.0 Å². The van der Waals surface area contributed by atoms with Crippen LogP contribution in [0.5, 0.6) is 0 Å². The van der Waals surface area contributed by atoms with Crippen molar-refractivity contribution in [1.82, 2.24) is 9.13 Å². The van der Waals surface area contributed by atoms with E-state index in [1.165, 1.54) is 0 Å². The maximum atomic E-state index is 13.7. The first kappa shape index (κ1) is 15.3. The summed E-state index contributed by atoms with van der Waals surface area (Å²) in [4.78, 5) is 23.6. The van der Waals surface area contributed by atoms with Crippen LogP contribution in [-0.2, 0) is 13.2 Å². The van der Waals surface area contributed by atoms with E-state index in [2.05, 4.69) is 6.07 Å². The molecule has 1 radical (unpaired) electrons. The molecule has 2 rings (SSSR count). The van der Waals surface area contributed by atoms with Crippen LogP contribution >= 0.6 is 11.6 Å². The van der Waals surface area contributed by atoms with E-state index in [1.807, 2.05) is 0 Å². The molecule has 0 atom stereocenters. The van der Waals surface area contributed by atoms with Gasteiger partial charge >= 0.3 is 11.9 Å². The predicted octanol–water partition coefficient (Wildman–Crippen LogP) is 2.15. The fourth-order valence-corrected chi connectivity index (χ4v) is 1.87. The molecule has 0 unspecified atom stereocenters. The Morgan fingerprint density at radius 3 is 2.38 bits per heavy atom. The van der Waals surface area contributed by atoms with Gasteiger partial charge in [-0.1, -0.05) is 11.6 Å². The number of benzene rings is 1. The zero-order chi connectivity index (χ0) is 15.9. The predicted molar refractivity (Wildman–Crippen MR) is 66.1 cm³/mol. The van der Waals surface area contributed by atoms with E-state index >= 15 is 0 Å². The molecule has 1 aromatic heterocycles. The summed E-state index contributed by atoms with van der Waals surface area (Å²) in [5, 5.41) is -0.104. The second kappa shape index (κ2) is 5.03. The lowest BCUT2D eigenvalue weighted by Gasteiger charge is -2.14. The van der Waals surface area contributed by atoms with Crippen LogP contribution in [-0.4, -0.2) is 9.13 Å². The van der Waals surface area contributed by atoms with Gasteiger partial charge in [-0.05, 0) is 12.1 Å². The number of nitrogens with zero attached hydrogens (tertiary/aromatic N) is 2. The number of alkyl halides is 3. The normalized spacial score (nSPS) is 11.7. The van der Waals surface area contributed by atoms with Gasteiger partial charge in [0.05, 0.1) is 10.7 Å². The molecule has 0 aliphatic heterocycles. The van der Waals surface area contributed by atoms with Crippen molar-refractivity contribution in [3.8, 4) is 5.69 Å². The van der Waals surface area contributed by atoms with Crippen molar-refractivity contribution in [3.05, 3.63) is 61.6 Å². The van der Waals surface area contributed by atoms with Gasteiger partial charge < -0.3 is 0 Å². The molecule has 0 saturated carbocycles. The molecule has 111 valence electrons. The monoisotopic (exact) mass is 321 g/mol. The highest BCUT2D eigenvalue weighted by molar-refractivity contribution is 6.30. The molecule has 1 aromatic carbocycles. The minimum absolute atomic E-state index is 0.104. The molecule has 21 heavy (non-hydrogen) atoms. The van der Waals surface area contributed by atoms with Crippen LogP contribution in [0.25, 0.3) is 5.69 Å². The Hall–Kier alpha value is -2.09. The van der Waals surface area contributed by atoms with Crippen LogP contribution < -0.4 is 11.2 Å². The van der Waals surface area contributed by atoms with Gasteiger partial charge in [0.2, 0.25) is 0 Å². The average Bonchev–Trinajstić information content (AvgIpc) is 2.35.